The van der Waals surface area contributed by atoms with Gasteiger partial charge in [-0.2, -0.15) is 0 Å². The van der Waals surface area contributed by atoms with E-state index in [1.807, 2.05) is 31.1 Å². The van der Waals surface area contributed by atoms with Crippen LogP contribution in [0.3, 0.4) is 0 Å². The van der Waals surface area contributed by atoms with Crippen LogP contribution >= 0.6 is 12.4 Å². The first-order valence-electron chi connectivity index (χ1n) is 4.22. The minimum absolute atomic E-state index is 0. The normalized spacial score (nSPS) is 17.1. The van der Waals surface area contributed by atoms with Crippen LogP contribution in [0.1, 0.15) is 13.8 Å². The van der Waals surface area contributed by atoms with Gasteiger partial charge in [0, 0.05) is 19.0 Å². The maximum absolute atomic E-state index is 5.43. The first kappa shape index (κ1) is 12.3. The zero-order chi connectivity index (χ0) is 8.97. The molecule has 0 bridgehead atoms. The van der Waals surface area contributed by atoms with Crippen LogP contribution in [0.4, 0.5) is 0 Å². The van der Waals surface area contributed by atoms with E-state index in [-0.39, 0.29) is 18.6 Å². The van der Waals surface area contributed by atoms with Gasteiger partial charge in [-0.15, -0.1) is 12.4 Å². The Morgan fingerprint density at radius 1 is 1.62 bits per heavy atom. The van der Waals surface area contributed by atoms with Crippen molar-refractivity contribution in [3.05, 3.63) is 25.2 Å². The lowest BCUT2D eigenvalue weighted by atomic mass is 10.5. The summed E-state index contributed by atoms with van der Waals surface area (Å²) >= 11 is 0. The Kier molecular flexibility index (Phi) is 5.58. The lowest BCUT2D eigenvalue weighted by Gasteiger charge is -2.25. The topological polar surface area (TPSA) is 15.7 Å². The molecule has 1 aliphatic heterocycles. The minimum atomic E-state index is 0. The van der Waals surface area contributed by atoms with E-state index in [9.17, 15) is 0 Å². The number of halogens is 1. The zero-order valence-electron chi connectivity index (χ0n) is 8.14. The molecule has 1 rings (SSSR count). The Bertz CT molecular complexity index is 184. The summed E-state index contributed by atoms with van der Waals surface area (Å²) in [5.41, 5.74) is 0. The van der Waals surface area contributed by atoms with Crippen molar-refractivity contribution in [2.24, 2.45) is 0 Å². The summed E-state index contributed by atoms with van der Waals surface area (Å²) in [6.07, 6.45) is 5.95. The van der Waals surface area contributed by atoms with Crippen molar-refractivity contribution in [2.45, 2.75) is 20.1 Å². The van der Waals surface area contributed by atoms with Crippen molar-refractivity contribution in [1.29, 1.82) is 0 Å². The highest BCUT2D eigenvalue weighted by molar-refractivity contribution is 5.85. The molecule has 0 saturated carbocycles. The Hall–Kier alpha value is -0.670. The first-order chi connectivity index (χ1) is 5.77. The number of ether oxygens (including phenoxy) is 1. The molecule has 1 unspecified atom stereocenters. The second-order valence-corrected chi connectivity index (χ2v) is 2.71. The number of hydrogen-bond donors (Lipinski definition) is 0. The van der Waals surface area contributed by atoms with Gasteiger partial charge < -0.3 is 14.5 Å². The van der Waals surface area contributed by atoms with Crippen LogP contribution in [0, 0.1) is 0 Å². The molecule has 0 saturated heterocycles. The fraction of sp³-hybridized carbons (Fsp3) is 0.556. The molecule has 4 heteroatoms. The summed E-state index contributed by atoms with van der Waals surface area (Å²) in [5.74, 6) is 0. The predicted octanol–water partition coefficient (Wildman–Crippen LogP) is 1.98. The van der Waals surface area contributed by atoms with Gasteiger partial charge in [-0.1, -0.05) is 6.58 Å². The average Bonchev–Trinajstić information content (AvgIpc) is 2.52. The monoisotopic (exact) mass is 204 g/mol. The molecule has 13 heavy (non-hydrogen) atoms. The van der Waals surface area contributed by atoms with Crippen molar-refractivity contribution in [3.8, 4) is 0 Å². The maximum atomic E-state index is 5.43. The predicted molar refractivity (Wildman–Crippen MR) is 56.2 cm³/mol. The van der Waals surface area contributed by atoms with E-state index >= 15 is 0 Å². The van der Waals surface area contributed by atoms with Crippen LogP contribution in [0.25, 0.3) is 0 Å². The lowest BCUT2D eigenvalue weighted by molar-refractivity contribution is -0.0216. The van der Waals surface area contributed by atoms with Crippen molar-refractivity contribution in [1.82, 2.24) is 9.80 Å². The molecule has 76 valence electrons. The van der Waals surface area contributed by atoms with E-state index in [4.69, 9.17) is 4.74 Å². The molecule has 0 amide bonds. The molecular weight excluding hydrogens is 188 g/mol. The largest absolute Gasteiger partial charge is 0.359 e. The molecule has 0 aromatic heterocycles. The van der Waals surface area contributed by atoms with Gasteiger partial charge in [-0.05, 0) is 20.0 Å². The highest BCUT2D eigenvalue weighted by Gasteiger charge is 2.15. The standard InChI is InChI=1S/C9H16N2O.ClH/c1-4-10-6-7-11(8-10)9(3)12-5-2;/h4,6-7,9H,1,5,8H2,2-3H3;1H. The third kappa shape index (κ3) is 3.28. The highest BCUT2D eigenvalue weighted by Crippen LogP contribution is 2.10. The van der Waals surface area contributed by atoms with E-state index < -0.39 is 0 Å². The van der Waals surface area contributed by atoms with Crippen molar-refractivity contribution in [2.75, 3.05) is 13.3 Å². The van der Waals surface area contributed by atoms with Crippen molar-refractivity contribution < 1.29 is 4.74 Å². The SMILES string of the molecule is C=CN1C=CN(C(C)OCC)C1.Cl. The van der Waals surface area contributed by atoms with E-state index in [1.54, 1.807) is 6.20 Å². The number of rotatable bonds is 4. The van der Waals surface area contributed by atoms with E-state index in [1.165, 1.54) is 0 Å². The second-order valence-electron chi connectivity index (χ2n) is 2.71. The van der Waals surface area contributed by atoms with Gasteiger partial charge in [0.2, 0.25) is 0 Å². The molecule has 3 nitrogen and oxygen atoms in total. The summed E-state index contributed by atoms with van der Waals surface area (Å²) in [6.45, 7) is 9.32. The third-order valence-electron chi connectivity index (χ3n) is 1.89. The minimum Gasteiger partial charge on any atom is -0.359 e. The van der Waals surface area contributed by atoms with Gasteiger partial charge in [0.15, 0.2) is 0 Å². The van der Waals surface area contributed by atoms with E-state index in [2.05, 4.69) is 11.5 Å². The van der Waals surface area contributed by atoms with Crippen molar-refractivity contribution >= 4 is 12.4 Å². The van der Waals surface area contributed by atoms with Crippen LogP contribution in [0.2, 0.25) is 0 Å². The lowest BCUT2D eigenvalue weighted by Crippen LogP contribution is -2.32. The Morgan fingerprint density at radius 2 is 2.31 bits per heavy atom. The molecule has 1 heterocycles. The van der Waals surface area contributed by atoms with Crippen LogP contribution in [-0.2, 0) is 4.74 Å². The van der Waals surface area contributed by atoms with Crippen molar-refractivity contribution in [3.63, 3.8) is 0 Å². The molecule has 0 aromatic carbocycles. The summed E-state index contributed by atoms with van der Waals surface area (Å²) in [7, 11) is 0. The first-order valence-corrected chi connectivity index (χ1v) is 4.22. The van der Waals surface area contributed by atoms with Crippen LogP contribution in [0.15, 0.2) is 25.2 Å². The van der Waals surface area contributed by atoms with Gasteiger partial charge >= 0.3 is 0 Å². The summed E-state index contributed by atoms with van der Waals surface area (Å²) in [6, 6.07) is 0. The molecule has 1 atom stereocenters. The summed E-state index contributed by atoms with van der Waals surface area (Å²) in [4.78, 5) is 4.13. The Labute approximate surface area is 86.1 Å². The molecule has 0 radical (unpaired) electrons. The van der Waals surface area contributed by atoms with Gasteiger partial charge in [0.1, 0.15) is 6.23 Å². The molecule has 0 N–H and O–H groups in total. The van der Waals surface area contributed by atoms with Crippen LogP contribution < -0.4 is 0 Å². The van der Waals surface area contributed by atoms with Gasteiger partial charge in [-0.25, -0.2) is 0 Å². The van der Waals surface area contributed by atoms with Crippen LogP contribution in [-0.4, -0.2) is 29.3 Å². The van der Waals surface area contributed by atoms with Gasteiger partial charge in [0.25, 0.3) is 0 Å². The number of hydrogen-bond acceptors (Lipinski definition) is 3. The summed E-state index contributed by atoms with van der Waals surface area (Å²) in [5, 5.41) is 0. The molecular formula is C9H17ClN2O. The maximum Gasteiger partial charge on any atom is 0.128 e. The Morgan fingerprint density at radius 3 is 2.77 bits per heavy atom. The quantitative estimate of drug-likeness (QED) is 0.697. The fourth-order valence-corrected chi connectivity index (χ4v) is 1.15. The molecule has 0 spiro atoms. The molecule has 0 aromatic rings. The fourth-order valence-electron chi connectivity index (χ4n) is 1.15. The van der Waals surface area contributed by atoms with Gasteiger partial charge in [-0.3, -0.25) is 0 Å². The average molecular weight is 205 g/mol. The smallest absolute Gasteiger partial charge is 0.128 e. The molecule has 0 fully saturated rings. The molecule has 0 aliphatic carbocycles. The zero-order valence-corrected chi connectivity index (χ0v) is 8.96. The third-order valence-corrected chi connectivity index (χ3v) is 1.89. The van der Waals surface area contributed by atoms with E-state index in [0.717, 1.165) is 13.3 Å². The van der Waals surface area contributed by atoms with E-state index in [0.29, 0.717) is 0 Å². The highest BCUT2D eigenvalue weighted by atomic mass is 35.5. The second kappa shape index (κ2) is 5.89. The molecule has 1 aliphatic rings. The Balaban J connectivity index is 0.00000144. The van der Waals surface area contributed by atoms with Crippen LogP contribution in [0.5, 0.6) is 0 Å². The summed E-state index contributed by atoms with van der Waals surface area (Å²) < 4.78 is 5.43. The number of nitrogens with zero attached hydrogens (tertiary/aromatic N) is 2. The van der Waals surface area contributed by atoms with Gasteiger partial charge in [0.05, 0.1) is 6.67 Å².